The van der Waals surface area contributed by atoms with Gasteiger partial charge in [0.1, 0.15) is 5.54 Å². The summed E-state index contributed by atoms with van der Waals surface area (Å²) >= 11 is 0. The number of nitrogens with two attached hydrogens (primary N) is 1. The number of nitriles is 1. The minimum Gasteiger partial charge on any atom is -0.379 e. The minimum atomic E-state index is -0.720. The van der Waals surface area contributed by atoms with Gasteiger partial charge in [-0.15, -0.1) is 0 Å². The largest absolute Gasteiger partial charge is 0.379 e. The van der Waals surface area contributed by atoms with Crippen LogP contribution in [0.25, 0.3) is 0 Å². The van der Waals surface area contributed by atoms with E-state index in [0.29, 0.717) is 26.2 Å². The van der Waals surface area contributed by atoms with E-state index >= 15 is 0 Å². The summed E-state index contributed by atoms with van der Waals surface area (Å²) in [6, 6.07) is 2.06. The van der Waals surface area contributed by atoms with Crippen LogP contribution in [0, 0.1) is 11.3 Å². The number of ether oxygens (including phenoxy) is 2. The van der Waals surface area contributed by atoms with Crippen molar-refractivity contribution in [2.75, 3.05) is 26.4 Å². The maximum atomic E-state index is 8.66. The SMILES string of the molecule is CCCOCCOCCCC(C)(N)C#N. The van der Waals surface area contributed by atoms with E-state index in [1.807, 2.05) is 0 Å². The van der Waals surface area contributed by atoms with Crippen LogP contribution in [0.4, 0.5) is 0 Å². The molecule has 0 saturated carbocycles. The van der Waals surface area contributed by atoms with Gasteiger partial charge in [0.15, 0.2) is 0 Å². The zero-order valence-electron chi connectivity index (χ0n) is 9.79. The Bertz CT molecular complexity index is 188. The molecule has 4 heteroatoms. The quantitative estimate of drug-likeness (QED) is 0.590. The lowest BCUT2D eigenvalue weighted by atomic mass is 10.00. The molecule has 0 saturated heterocycles. The zero-order valence-corrected chi connectivity index (χ0v) is 9.79. The van der Waals surface area contributed by atoms with Gasteiger partial charge in [-0.25, -0.2) is 0 Å². The highest BCUT2D eigenvalue weighted by Gasteiger charge is 2.15. The highest BCUT2D eigenvalue weighted by atomic mass is 16.5. The molecular weight excluding hydrogens is 192 g/mol. The molecule has 0 aliphatic heterocycles. The van der Waals surface area contributed by atoms with Crippen LogP contribution in [0.3, 0.4) is 0 Å². The lowest BCUT2D eigenvalue weighted by molar-refractivity contribution is 0.0459. The van der Waals surface area contributed by atoms with Gasteiger partial charge in [0.25, 0.3) is 0 Å². The molecule has 0 aliphatic rings. The molecular formula is C11H22N2O2. The van der Waals surface area contributed by atoms with E-state index in [0.717, 1.165) is 19.4 Å². The maximum Gasteiger partial charge on any atom is 0.101 e. The number of hydrogen-bond donors (Lipinski definition) is 1. The van der Waals surface area contributed by atoms with Crippen molar-refractivity contribution in [3.05, 3.63) is 0 Å². The van der Waals surface area contributed by atoms with Crippen molar-refractivity contribution in [3.8, 4) is 6.07 Å². The Hall–Kier alpha value is -0.630. The summed E-state index contributed by atoms with van der Waals surface area (Å²) in [5, 5.41) is 8.66. The zero-order chi connectivity index (χ0) is 11.6. The summed E-state index contributed by atoms with van der Waals surface area (Å²) < 4.78 is 10.6. The summed E-state index contributed by atoms with van der Waals surface area (Å²) in [7, 11) is 0. The van der Waals surface area contributed by atoms with Crippen molar-refractivity contribution in [1.82, 2.24) is 0 Å². The molecule has 0 spiro atoms. The first-order valence-corrected chi connectivity index (χ1v) is 5.48. The van der Waals surface area contributed by atoms with Gasteiger partial charge in [0, 0.05) is 13.2 Å². The van der Waals surface area contributed by atoms with Crippen LogP contribution >= 0.6 is 0 Å². The Kier molecular flexibility index (Phi) is 8.30. The third-order valence-electron chi connectivity index (χ3n) is 1.96. The van der Waals surface area contributed by atoms with E-state index < -0.39 is 5.54 Å². The summed E-state index contributed by atoms with van der Waals surface area (Å²) in [6.07, 6.45) is 2.52. The first kappa shape index (κ1) is 14.4. The monoisotopic (exact) mass is 214 g/mol. The Labute approximate surface area is 92.3 Å². The van der Waals surface area contributed by atoms with Crippen LogP contribution in [0.1, 0.15) is 33.1 Å². The van der Waals surface area contributed by atoms with Crippen LogP contribution in [0.15, 0.2) is 0 Å². The highest BCUT2D eigenvalue weighted by Crippen LogP contribution is 2.06. The summed E-state index contributed by atoms with van der Waals surface area (Å²) in [5.74, 6) is 0. The molecule has 0 aromatic rings. The summed E-state index contributed by atoms with van der Waals surface area (Å²) in [4.78, 5) is 0. The number of hydrogen-bond acceptors (Lipinski definition) is 4. The molecule has 0 aromatic carbocycles. The maximum absolute atomic E-state index is 8.66. The van der Waals surface area contributed by atoms with E-state index in [4.69, 9.17) is 20.5 Å². The van der Waals surface area contributed by atoms with Crippen LogP contribution in [0.5, 0.6) is 0 Å². The molecule has 1 atom stereocenters. The van der Waals surface area contributed by atoms with Gasteiger partial charge in [0.2, 0.25) is 0 Å². The Morgan fingerprint density at radius 1 is 1.20 bits per heavy atom. The Morgan fingerprint density at radius 2 is 1.80 bits per heavy atom. The molecule has 15 heavy (non-hydrogen) atoms. The van der Waals surface area contributed by atoms with Crippen LogP contribution in [-0.4, -0.2) is 32.0 Å². The molecule has 0 fully saturated rings. The molecule has 1 unspecified atom stereocenters. The van der Waals surface area contributed by atoms with Crippen molar-refractivity contribution in [1.29, 1.82) is 5.26 Å². The van der Waals surface area contributed by atoms with Crippen LogP contribution in [0.2, 0.25) is 0 Å². The number of nitrogens with zero attached hydrogens (tertiary/aromatic N) is 1. The van der Waals surface area contributed by atoms with Crippen molar-refractivity contribution in [2.45, 2.75) is 38.6 Å². The molecule has 88 valence electrons. The van der Waals surface area contributed by atoms with E-state index in [2.05, 4.69) is 13.0 Å². The minimum absolute atomic E-state index is 0.619. The summed E-state index contributed by atoms with van der Waals surface area (Å²) in [6.45, 7) is 6.50. The molecule has 4 nitrogen and oxygen atoms in total. The predicted molar refractivity (Wildman–Crippen MR) is 59.4 cm³/mol. The van der Waals surface area contributed by atoms with E-state index in [1.54, 1.807) is 6.92 Å². The van der Waals surface area contributed by atoms with Gasteiger partial charge < -0.3 is 15.2 Å². The molecule has 0 heterocycles. The molecule has 0 bridgehead atoms. The van der Waals surface area contributed by atoms with Crippen molar-refractivity contribution in [3.63, 3.8) is 0 Å². The molecule has 0 rings (SSSR count). The molecule has 0 radical (unpaired) electrons. The van der Waals surface area contributed by atoms with Crippen molar-refractivity contribution >= 4 is 0 Å². The normalized spacial score (nSPS) is 14.5. The fourth-order valence-electron chi connectivity index (χ4n) is 1.06. The van der Waals surface area contributed by atoms with Crippen molar-refractivity contribution in [2.24, 2.45) is 5.73 Å². The molecule has 0 aromatic heterocycles. The predicted octanol–water partition coefficient (Wildman–Crippen LogP) is 1.45. The molecule has 2 N–H and O–H groups in total. The second-order valence-corrected chi connectivity index (χ2v) is 3.86. The standard InChI is InChI=1S/C11H22N2O2/c1-3-6-14-8-9-15-7-4-5-11(2,13)10-12/h3-9,13H2,1-2H3. The lowest BCUT2D eigenvalue weighted by Crippen LogP contribution is -2.34. The van der Waals surface area contributed by atoms with Gasteiger partial charge in [-0.3, -0.25) is 0 Å². The molecule has 0 aliphatic carbocycles. The smallest absolute Gasteiger partial charge is 0.101 e. The first-order chi connectivity index (χ1) is 7.12. The Balaban J connectivity index is 3.16. The van der Waals surface area contributed by atoms with Gasteiger partial charge in [0.05, 0.1) is 19.3 Å². The van der Waals surface area contributed by atoms with E-state index in [1.165, 1.54) is 0 Å². The Morgan fingerprint density at radius 3 is 2.33 bits per heavy atom. The van der Waals surface area contributed by atoms with Crippen LogP contribution in [-0.2, 0) is 9.47 Å². The van der Waals surface area contributed by atoms with E-state index in [-0.39, 0.29) is 0 Å². The third-order valence-corrected chi connectivity index (χ3v) is 1.96. The average Bonchev–Trinajstić information content (AvgIpc) is 2.22. The average molecular weight is 214 g/mol. The molecule has 0 amide bonds. The number of rotatable bonds is 9. The van der Waals surface area contributed by atoms with Gasteiger partial charge >= 0.3 is 0 Å². The van der Waals surface area contributed by atoms with Gasteiger partial charge in [-0.05, 0) is 26.2 Å². The second-order valence-electron chi connectivity index (χ2n) is 3.86. The third kappa shape index (κ3) is 9.67. The van der Waals surface area contributed by atoms with Gasteiger partial charge in [-0.2, -0.15) is 5.26 Å². The highest BCUT2D eigenvalue weighted by molar-refractivity contribution is 5.00. The second kappa shape index (κ2) is 8.66. The van der Waals surface area contributed by atoms with Gasteiger partial charge in [-0.1, -0.05) is 6.92 Å². The lowest BCUT2D eigenvalue weighted by Gasteiger charge is -2.14. The topological polar surface area (TPSA) is 68.3 Å². The van der Waals surface area contributed by atoms with E-state index in [9.17, 15) is 0 Å². The van der Waals surface area contributed by atoms with Crippen molar-refractivity contribution < 1.29 is 9.47 Å². The summed E-state index contributed by atoms with van der Waals surface area (Å²) in [5.41, 5.74) is 4.93. The first-order valence-electron chi connectivity index (χ1n) is 5.48. The van der Waals surface area contributed by atoms with Crippen LogP contribution < -0.4 is 5.73 Å². The fourth-order valence-corrected chi connectivity index (χ4v) is 1.06. The fraction of sp³-hybridized carbons (Fsp3) is 0.909.